The van der Waals surface area contributed by atoms with Crippen molar-refractivity contribution in [3.63, 3.8) is 0 Å². The molecule has 1 rings (SSSR count). The molecule has 0 unspecified atom stereocenters. The van der Waals surface area contributed by atoms with E-state index in [1.807, 2.05) is 0 Å². The van der Waals surface area contributed by atoms with E-state index in [4.69, 9.17) is 9.47 Å². The highest BCUT2D eigenvalue weighted by Gasteiger charge is 1.95. The molecule has 2 nitrogen and oxygen atoms in total. The van der Waals surface area contributed by atoms with Crippen molar-refractivity contribution in [1.82, 2.24) is 0 Å². The fourth-order valence-electron chi connectivity index (χ4n) is 1.12. The number of rotatable bonds is 7. The number of hydrogen-bond acceptors (Lipinski definition) is 2. The first kappa shape index (κ1) is 12.0. The topological polar surface area (TPSA) is 18.5 Å². The van der Waals surface area contributed by atoms with Crippen LogP contribution in [0, 0.1) is 5.82 Å². The first-order chi connectivity index (χ1) is 7.33. The molecule has 0 saturated heterocycles. The Balaban J connectivity index is 2.10. The van der Waals surface area contributed by atoms with Gasteiger partial charge < -0.3 is 9.47 Å². The average molecular weight is 212 g/mol. The zero-order valence-corrected chi connectivity index (χ0v) is 9.04. The van der Waals surface area contributed by atoms with Crippen LogP contribution in [-0.4, -0.2) is 19.8 Å². The van der Waals surface area contributed by atoms with E-state index in [1.165, 1.54) is 12.1 Å². The van der Waals surface area contributed by atoms with Gasteiger partial charge in [0.15, 0.2) is 0 Å². The molecular weight excluding hydrogens is 195 g/mol. The minimum atomic E-state index is -0.278. The van der Waals surface area contributed by atoms with E-state index in [2.05, 4.69) is 6.92 Å². The largest absolute Gasteiger partial charge is 0.491 e. The smallest absolute Gasteiger partial charge is 0.126 e. The molecule has 1 aromatic rings. The molecule has 0 N–H and O–H groups in total. The van der Waals surface area contributed by atoms with Crippen LogP contribution in [0.1, 0.15) is 19.8 Å². The lowest BCUT2D eigenvalue weighted by atomic mass is 10.3. The van der Waals surface area contributed by atoms with Crippen molar-refractivity contribution in [3.8, 4) is 5.75 Å². The second kappa shape index (κ2) is 7.23. The van der Waals surface area contributed by atoms with Crippen molar-refractivity contribution in [2.75, 3.05) is 19.8 Å². The lowest BCUT2D eigenvalue weighted by Gasteiger charge is -2.06. The van der Waals surface area contributed by atoms with Crippen LogP contribution in [0.4, 0.5) is 4.39 Å². The van der Waals surface area contributed by atoms with Crippen LogP contribution in [0.3, 0.4) is 0 Å². The zero-order valence-electron chi connectivity index (χ0n) is 9.04. The average Bonchev–Trinajstić information content (AvgIpc) is 2.23. The fraction of sp³-hybridized carbons (Fsp3) is 0.500. The molecule has 0 aromatic heterocycles. The normalized spacial score (nSPS) is 10.3. The van der Waals surface area contributed by atoms with Crippen LogP contribution in [0.5, 0.6) is 5.75 Å². The highest BCUT2D eigenvalue weighted by Crippen LogP contribution is 2.11. The Morgan fingerprint density at radius 1 is 1.20 bits per heavy atom. The summed E-state index contributed by atoms with van der Waals surface area (Å²) in [4.78, 5) is 0. The molecule has 0 saturated carbocycles. The number of hydrogen-bond donors (Lipinski definition) is 0. The molecular formula is C12H17FO2. The molecule has 0 fully saturated rings. The molecule has 15 heavy (non-hydrogen) atoms. The first-order valence-electron chi connectivity index (χ1n) is 5.29. The monoisotopic (exact) mass is 212 g/mol. The molecule has 0 radical (unpaired) electrons. The van der Waals surface area contributed by atoms with Crippen LogP contribution in [0.15, 0.2) is 24.3 Å². The number of ether oxygens (including phenoxy) is 2. The Bertz CT molecular complexity index is 276. The summed E-state index contributed by atoms with van der Waals surface area (Å²) >= 11 is 0. The van der Waals surface area contributed by atoms with Gasteiger partial charge in [0, 0.05) is 12.7 Å². The summed E-state index contributed by atoms with van der Waals surface area (Å²) in [6.07, 6.45) is 2.20. The Morgan fingerprint density at radius 3 is 2.80 bits per heavy atom. The Morgan fingerprint density at radius 2 is 2.07 bits per heavy atom. The third-order valence-electron chi connectivity index (χ3n) is 1.93. The van der Waals surface area contributed by atoms with E-state index in [0.717, 1.165) is 19.4 Å². The van der Waals surface area contributed by atoms with Gasteiger partial charge in [0.25, 0.3) is 0 Å². The third kappa shape index (κ3) is 5.37. The molecule has 0 aliphatic heterocycles. The van der Waals surface area contributed by atoms with E-state index in [1.54, 1.807) is 12.1 Å². The zero-order chi connectivity index (χ0) is 10.9. The first-order valence-corrected chi connectivity index (χ1v) is 5.29. The van der Waals surface area contributed by atoms with Crippen molar-refractivity contribution in [1.29, 1.82) is 0 Å². The minimum absolute atomic E-state index is 0.278. The van der Waals surface area contributed by atoms with E-state index >= 15 is 0 Å². The maximum atomic E-state index is 12.7. The molecule has 0 heterocycles. The summed E-state index contributed by atoms with van der Waals surface area (Å²) in [5.74, 6) is 0.272. The maximum Gasteiger partial charge on any atom is 0.126 e. The summed E-state index contributed by atoms with van der Waals surface area (Å²) in [6, 6.07) is 6.12. The number of benzene rings is 1. The lowest BCUT2D eigenvalue weighted by molar-refractivity contribution is 0.0979. The van der Waals surface area contributed by atoms with Gasteiger partial charge in [-0.25, -0.2) is 4.39 Å². The predicted molar refractivity (Wildman–Crippen MR) is 57.6 cm³/mol. The molecule has 0 spiro atoms. The Labute approximate surface area is 90.0 Å². The summed E-state index contributed by atoms with van der Waals surface area (Å²) < 4.78 is 23.3. The fourth-order valence-corrected chi connectivity index (χ4v) is 1.12. The SMILES string of the molecule is CCCCOCCOc1cccc(F)c1. The van der Waals surface area contributed by atoms with E-state index < -0.39 is 0 Å². The van der Waals surface area contributed by atoms with Gasteiger partial charge in [-0.05, 0) is 18.6 Å². The second-order valence-corrected chi connectivity index (χ2v) is 3.27. The van der Waals surface area contributed by atoms with Crippen molar-refractivity contribution in [3.05, 3.63) is 30.1 Å². The molecule has 0 aliphatic carbocycles. The van der Waals surface area contributed by atoms with E-state index in [0.29, 0.717) is 19.0 Å². The summed E-state index contributed by atoms with van der Waals surface area (Å²) in [5, 5.41) is 0. The minimum Gasteiger partial charge on any atom is -0.491 e. The summed E-state index contributed by atoms with van der Waals surface area (Å²) in [6.45, 7) is 3.90. The van der Waals surface area contributed by atoms with E-state index in [9.17, 15) is 4.39 Å². The van der Waals surface area contributed by atoms with Gasteiger partial charge >= 0.3 is 0 Å². The van der Waals surface area contributed by atoms with Gasteiger partial charge in [-0.1, -0.05) is 19.4 Å². The van der Waals surface area contributed by atoms with Crippen LogP contribution in [0.2, 0.25) is 0 Å². The van der Waals surface area contributed by atoms with Gasteiger partial charge in [0.2, 0.25) is 0 Å². The highest BCUT2D eigenvalue weighted by atomic mass is 19.1. The highest BCUT2D eigenvalue weighted by molar-refractivity contribution is 5.22. The summed E-state index contributed by atoms with van der Waals surface area (Å²) in [5.41, 5.74) is 0. The molecule has 0 bridgehead atoms. The van der Waals surface area contributed by atoms with Gasteiger partial charge in [-0.3, -0.25) is 0 Å². The Kier molecular flexibility index (Phi) is 5.78. The van der Waals surface area contributed by atoms with Crippen molar-refractivity contribution in [2.24, 2.45) is 0 Å². The molecule has 0 atom stereocenters. The van der Waals surface area contributed by atoms with Gasteiger partial charge in [-0.2, -0.15) is 0 Å². The Hall–Kier alpha value is -1.09. The standard InChI is InChI=1S/C12H17FO2/c1-2-3-7-14-8-9-15-12-6-4-5-11(13)10-12/h4-6,10H,2-3,7-9H2,1H3. The van der Waals surface area contributed by atoms with Crippen molar-refractivity contribution < 1.29 is 13.9 Å². The van der Waals surface area contributed by atoms with Gasteiger partial charge in [0.1, 0.15) is 18.2 Å². The third-order valence-corrected chi connectivity index (χ3v) is 1.93. The molecule has 84 valence electrons. The molecule has 1 aromatic carbocycles. The molecule has 0 aliphatic rings. The van der Waals surface area contributed by atoms with Crippen LogP contribution >= 0.6 is 0 Å². The molecule has 0 amide bonds. The van der Waals surface area contributed by atoms with Crippen molar-refractivity contribution >= 4 is 0 Å². The summed E-state index contributed by atoms with van der Waals surface area (Å²) in [7, 11) is 0. The molecule has 3 heteroatoms. The quantitative estimate of drug-likeness (QED) is 0.647. The van der Waals surface area contributed by atoms with Crippen molar-refractivity contribution in [2.45, 2.75) is 19.8 Å². The van der Waals surface area contributed by atoms with Crippen LogP contribution in [0.25, 0.3) is 0 Å². The second-order valence-electron chi connectivity index (χ2n) is 3.27. The number of halogens is 1. The van der Waals surface area contributed by atoms with Gasteiger partial charge in [0.05, 0.1) is 6.61 Å². The predicted octanol–water partition coefficient (Wildman–Crippen LogP) is 3.02. The van der Waals surface area contributed by atoms with Crippen LogP contribution in [-0.2, 0) is 4.74 Å². The number of unbranched alkanes of at least 4 members (excludes halogenated alkanes) is 1. The van der Waals surface area contributed by atoms with E-state index in [-0.39, 0.29) is 5.82 Å². The maximum absolute atomic E-state index is 12.7. The van der Waals surface area contributed by atoms with Gasteiger partial charge in [-0.15, -0.1) is 0 Å². The lowest BCUT2D eigenvalue weighted by Crippen LogP contribution is -2.07. The van der Waals surface area contributed by atoms with Crippen LogP contribution < -0.4 is 4.74 Å².